The minimum absolute atomic E-state index is 0.798. The average Bonchev–Trinajstić information content (AvgIpc) is 2.88. The molecule has 2 aliphatic rings. The van der Waals surface area contributed by atoms with Crippen LogP contribution in [0.4, 0.5) is 0 Å². The molecule has 3 heteroatoms. The minimum Gasteiger partial charge on any atom is -0.315 e. The number of likely N-dealkylation sites (tertiary alicyclic amines) is 2. The third-order valence-corrected chi connectivity index (χ3v) is 4.28. The lowest BCUT2D eigenvalue weighted by molar-refractivity contribution is 0.130. The van der Waals surface area contributed by atoms with Gasteiger partial charge in [-0.25, -0.2) is 0 Å². The molecule has 1 unspecified atom stereocenters. The summed E-state index contributed by atoms with van der Waals surface area (Å²) in [4.78, 5) is 5.36. The molecule has 0 radical (unpaired) electrons. The zero-order chi connectivity index (χ0) is 11.9. The molecule has 0 aromatic heterocycles. The van der Waals surface area contributed by atoms with E-state index < -0.39 is 0 Å². The number of hydrogen-bond donors (Lipinski definition) is 1. The first-order valence-electron chi connectivity index (χ1n) is 7.57. The summed E-state index contributed by atoms with van der Waals surface area (Å²) in [5.74, 6) is 0. The lowest BCUT2D eigenvalue weighted by atomic mass is 10.0. The Hall–Kier alpha value is -0.120. The summed E-state index contributed by atoms with van der Waals surface area (Å²) in [6.45, 7) is 11.1. The van der Waals surface area contributed by atoms with Gasteiger partial charge in [0.15, 0.2) is 0 Å². The summed E-state index contributed by atoms with van der Waals surface area (Å²) >= 11 is 0. The van der Waals surface area contributed by atoms with Gasteiger partial charge in [-0.2, -0.15) is 0 Å². The molecule has 0 aromatic carbocycles. The van der Waals surface area contributed by atoms with Crippen LogP contribution in [0.2, 0.25) is 0 Å². The van der Waals surface area contributed by atoms with E-state index >= 15 is 0 Å². The van der Waals surface area contributed by atoms with Gasteiger partial charge in [0, 0.05) is 25.7 Å². The quantitative estimate of drug-likeness (QED) is 0.758. The van der Waals surface area contributed by atoms with Crippen LogP contribution in [0.5, 0.6) is 0 Å². The van der Waals surface area contributed by atoms with Crippen LogP contribution < -0.4 is 5.32 Å². The molecule has 0 saturated carbocycles. The summed E-state index contributed by atoms with van der Waals surface area (Å²) in [7, 11) is 0. The van der Waals surface area contributed by atoms with E-state index in [9.17, 15) is 0 Å². The number of nitrogens with zero attached hydrogens (tertiary/aromatic N) is 2. The van der Waals surface area contributed by atoms with Crippen LogP contribution in [-0.4, -0.2) is 61.7 Å². The van der Waals surface area contributed by atoms with Crippen LogP contribution in [-0.2, 0) is 0 Å². The van der Waals surface area contributed by atoms with Gasteiger partial charge < -0.3 is 10.2 Å². The molecule has 17 heavy (non-hydrogen) atoms. The summed E-state index contributed by atoms with van der Waals surface area (Å²) < 4.78 is 0. The van der Waals surface area contributed by atoms with Crippen LogP contribution in [0.25, 0.3) is 0 Å². The Morgan fingerprint density at radius 2 is 1.76 bits per heavy atom. The molecule has 2 aliphatic heterocycles. The third kappa shape index (κ3) is 4.23. The van der Waals surface area contributed by atoms with Gasteiger partial charge in [-0.05, 0) is 51.9 Å². The van der Waals surface area contributed by atoms with Gasteiger partial charge in [-0.1, -0.05) is 13.3 Å². The summed E-state index contributed by atoms with van der Waals surface area (Å²) in [6.07, 6.45) is 7.06. The van der Waals surface area contributed by atoms with Gasteiger partial charge in [-0.3, -0.25) is 4.90 Å². The fourth-order valence-electron chi connectivity index (χ4n) is 3.17. The Morgan fingerprint density at radius 1 is 1.00 bits per heavy atom. The van der Waals surface area contributed by atoms with Crippen LogP contribution in [0.15, 0.2) is 0 Å². The molecule has 2 rings (SSSR count). The highest BCUT2D eigenvalue weighted by Gasteiger charge is 2.22. The maximum atomic E-state index is 3.52. The molecule has 2 fully saturated rings. The van der Waals surface area contributed by atoms with E-state index in [1.807, 2.05) is 0 Å². The van der Waals surface area contributed by atoms with Crippen LogP contribution in [0.3, 0.4) is 0 Å². The maximum absolute atomic E-state index is 3.52. The van der Waals surface area contributed by atoms with Gasteiger partial charge in [0.2, 0.25) is 0 Å². The van der Waals surface area contributed by atoms with Crippen molar-refractivity contribution in [3.8, 4) is 0 Å². The predicted molar refractivity (Wildman–Crippen MR) is 73.4 cm³/mol. The van der Waals surface area contributed by atoms with E-state index in [4.69, 9.17) is 0 Å². The maximum Gasteiger partial charge on any atom is 0.0221 e. The van der Waals surface area contributed by atoms with Crippen molar-refractivity contribution >= 4 is 0 Å². The lowest BCUT2D eigenvalue weighted by Crippen LogP contribution is -2.48. The second-order valence-electron chi connectivity index (χ2n) is 5.54. The third-order valence-electron chi connectivity index (χ3n) is 4.28. The Morgan fingerprint density at radius 3 is 2.53 bits per heavy atom. The van der Waals surface area contributed by atoms with E-state index in [1.54, 1.807) is 0 Å². The molecule has 2 saturated heterocycles. The second-order valence-corrected chi connectivity index (χ2v) is 5.54. The van der Waals surface area contributed by atoms with E-state index in [-0.39, 0.29) is 0 Å². The Labute approximate surface area is 107 Å². The smallest absolute Gasteiger partial charge is 0.0221 e. The predicted octanol–water partition coefficient (Wildman–Crippen LogP) is 1.55. The zero-order valence-electron chi connectivity index (χ0n) is 11.5. The molecular weight excluding hydrogens is 210 g/mol. The molecule has 1 N–H and O–H groups in total. The van der Waals surface area contributed by atoms with Crippen LogP contribution in [0.1, 0.15) is 39.0 Å². The second kappa shape index (κ2) is 7.34. The minimum atomic E-state index is 0.798. The first-order valence-corrected chi connectivity index (χ1v) is 7.57. The van der Waals surface area contributed by atoms with Gasteiger partial charge in [0.25, 0.3) is 0 Å². The van der Waals surface area contributed by atoms with Crippen molar-refractivity contribution < 1.29 is 0 Å². The molecule has 0 aromatic rings. The van der Waals surface area contributed by atoms with E-state index in [2.05, 4.69) is 22.0 Å². The molecular formula is C14H29N3. The molecule has 0 spiro atoms. The fourth-order valence-corrected chi connectivity index (χ4v) is 3.17. The highest BCUT2D eigenvalue weighted by Crippen LogP contribution is 2.16. The first kappa shape index (κ1) is 13.3. The number of nitrogens with one attached hydrogen (secondary N) is 1. The Balaban J connectivity index is 1.71. The van der Waals surface area contributed by atoms with E-state index in [1.165, 1.54) is 71.4 Å². The highest BCUT2D eigenvalue weighted by atomic mass is 15.2. The summed E-state index contributed by atoms with van der Waals surface area (Å²) in [5, 5.41) is 3.52. The largest absolute Gasteiger partial charge is 0.315 e. The first-order chi connectivity index (χ1) is 8.40. The zero-order valence-corrected chi connectivity index (χ0v) is 11.5. The lowest BCUT2D eigenvalue weighted by Gasteiger charge is -2.36. The topological polar surface area (TPSA) is 18.5 Å². The van der Waals surface area contributed by atoms with Gasteiger partial charge in [-0.15, -0.1) is 0 Å². The van der Waals surface area contributed by atoms with Crippen LogP contribution >= 0.6 is 0 Å². The van der Waals surface area contributed by atoms with Crippen molar-refractivity contribution in [1.29, 1.82) is 0 Å². The monoisotopic (exact) mass is 239 g/mol. The molecule has 3 nitrogen and oxygen atoms in total. The SMILES string of the molecule is CCNCC1CCCCN1CCN1CCCC1. The number of rotatable bonds is 6. The number of piperidine rings is 1. The highest BCUT2D eigenvalue weighted by molar-refractivity contribution is 4.80. The van der Waals surface area contributed by atoms with Crippen molar-refractivity contribution in [2.24, 2.45) is 0 Å². The van der Waals surface area contributed by atoms with Crippen molar-refractivity contribution in [3.05, 3.63) is 0 Å². The van der Waals surface area contributed by atoms with E-state index in [0.717, 1.165) is 12.6 Å². The molecule has 0 aliphatic carbocycles. The molecule has 1 atom stereocenters. The Bertz CT molecular complexity index is 202. The summed E-state index contributed by atoms with van der Waals surface area (Å²) in [6, 6.07) is 0.798. The van der Waals surface area contributed by atoms with Gasteiger partial charge in [0.1, 0.15) is 0 Å². The molecule has 2 heterocycles. The normalized spacial score (nSPS) is 27.7. The van der Waals surface area contributed by atoms with E-state index in [0.29, 0.717) is 0 Å². The molecule has 0 amide bonds. The number of hydrogen-bond acceptors (Lipinski definition) is 3. The Kier molecular flexibility index (Phi) is 5.75. The van der Waals surface area contributed by atoms with Crippen molar-refractivity contribution in [1.82, 2.24) is 15.1 Å². The fraction of sp³-hybridized carbons (Fsp3) is 1.00. The van der Waals surface area contributed by atoms with Gasteiger partial charge >= 0.3 is 0 Å². The van der Waals surface area contributed by atoms with Crippen LogP contribution in [0, 0.1) is 0 Å². The average molecular weight is 239 g/mol. The summed E-state index contributed by atoms with van der Waals surface area (Å²) in [5.41, 5.74) is 0. The standard InChI is InChI=1S/C14H29N3/c1-2-15-13-14-7-3-4-10-17(14)12-11-16-8-5-6-9-16/h14-15H,2-13H2,1H3. The molecule has 100 valence electrons. The van der Waals surface area contributed by atoms with Crippen molar-refractivity contribution in [2.45, 2.75) is 45.1 Å². The van der Waals surface area contributed by atoms with Crippen molar-refractivity contribution in [2.75, 3.05) is 45.8 Å². The molecule has 0 bridgehead atoms. The number of likely N-dealkylation sites (N-methyl/N-ethyl adjacent to an activating group) is 1. The van der Waals surface area contributed by atoms with Crippen molar-refractivity contribution in [3.63, 3.8) is 0 Å². The van der Waals surface area contributed by atoms with Gasteiger partial charge in [0.05, 0.1) is 0 Å².